The predicted octanol–water partition coefficient (Wildman–Crippen LogP) is 5.72. The first-order chi connectivity index (χ1) is 17.9. The van der Waals surface area contributed by atoms with Crippen molar-refractivity contribution in [1.29, 1.82) is 0 Å². The molecule has 0 saturated carbocycles. The summed E-state index contributed by atoms with van der Waals surface area (Å²) < 4.78 is 12.5. The fourth-order valence-corrected chi connectivity index (χ4v) is 4.71. The van der Waals surface area contributed by atoms with E-state index in [2.05, 4.69) is 36.4 Å². The van der Waals surface area contributed by atoms with Crippen molar-refractivity contribution in [1.82, 2.24) is 0 Å². The van der Waals surface area contributed by atoms with Crippen LogP contribution in [0.25, 0.3) is 0 Å². The molecule has 1 atom stereocenters. The van der Waals surface area contributed by atoms with Crippen LogP contribution in [-0.2, 0) is 29.7 Å². The van der Waals surface area contributed by atoms with E-state index >= 15 is 0 Å². The molecule has 4 rings (SSSR count). The molecule has 0 aromatic heterocycles. The number of nitrogens with two attached hydrogens (primary N) is 1. The Hall–Kier alpha value is -4.09. The molecule has 5 heteroatoms. The Morgan fingerprint density at radius 2 is 1.43 bits per heavy atom. The molecule has 0 spiro atoms. The topological polar surface area (TPSA) is 81.8 Å². The van der Waals surface area contributed by atoms with Gasteiger partial charge in [-0.2, -0.15) is 0 Å². The van der Waals surface area contributed by atoms with E-state index in [4.69, 9.17) is 15.2 Å². The van der Waals surface area contributed by atoms with Crippen LogP contribution in [-0.4, -0.2) is 24.2 Å². The highest BCUT2D eigenvalue weighted by Gasteiger charge is 2.36. The summed E-state index contributed by atoms with van der Waals surface area (Å²) in [6.45, 7) is 2.03. The van der Waals surface area contributed by atoms with Crippen LogP contribution >= 0.6 is 0 Å². The number of ether oxygens (including phenoxy) is 2. The smallest absolute Gasteiger partial charge is 0.320 e. The van der Waals surface area contributed by atoms with Crippen LogP contribution < -0.4 is 15.2 Å². The van der Waals surface area contributed by atoms with Gasteiger partial charge >= 0.3 is 5.97 Å². The Morgan fingerprint density at radius 3 is 1.97 bits per heavy atom. The van der Waals surface area contributed by atoms with Crippen molar-refractivity contribution in [2.24, 2.45) is 5.73 Å². The largest absolute Gasteiger partial charge is 0.496 e. The van der Waals surface area contributed by atoms with Crippen LogP contribution in [0.2, 0.25) is 0 Å². The Bertz CT molecular complexity index is 1280. The van der Waals surface area contributed by atoms with Gasteiger partial charge in [-0.15, -0.1) is 0 Å². The van der Waals surface area contributed by atoms with E-state index in [9.17, 15) is 9.90 Å². The SMILES string of the molecule is COc1ccc(C(Cc2ccccc2)(Cc2ccccc2)Oc2cccc(CC(N)C(=O)O)c2)cc1C. The zero-order chi connectivity index (χ0) is 26.3. The molecule has 0 aliphatic heterocycles. The number of benzene rings is 4. The standard InChI is InChI=1S/C32H33NO4/c1-23-18-27(16-17-30(23)36-2)32(21-24-10-5-3-6-11-24,22-25-12-7-4-8-13-25)37-28-15-9-14-26(19-28)20-29(33)31(34)35/h3-19,29H,20-22,33H2,1-2H3,(H,34,35). The van der Waals surface area contributed by atoms with Gasteiger partial charge < -0.3 is 20.3 Å². The fourth-order valence-electron chi connectivity index (χ4n) is 4.71. The summed E-state index contributed by atoms with van der Waals surface area (Å²) in [5.41, 5.74) is 10.2. The number of aryl methyl sites for hydroxylation is 1. The third-order valence-electron chi connectivity index (χ3n) is 6.57. The Morgan fingerprint density at radius 1 is 0.838 bits per heavy atom. The van der Waals surface area contributed by atoms with Gasteiger partial charge in [0.2, 0.25) is 0 Å². The molecule has 0 bridgehead atoms. The molecule has 4 aromatic rings. The minimum Gasteiger partial charge on any atom is -0.496 e. The van der Waals surface area contributed by atoms with Crippen LogP contribution in [0.1, 0.15) is 27.8 Å². The van der Waals surface area contributed by atoms with Crippen molar-refractivity contribution >= 4 is 5.97 Å². The highest BCUT2D eigenvalue weighted by atomic mass is 16.5. The second-order valence-corrected chi connectivity index (χ2v) is 9.40. The first-order valence-corrected chi connectivity index (χ1v) is 12.4. The van der Waals surface area contributed by atoms with Crippen molar-refractivity contribution in [3.63, 3.8) is 0 Å². The number of hydrogen-bond acceptors (Lipinski definition) is 4. The summed E-state index contributed by atoms with van der Waals surface area (Å²) in [6.07, 6.45) is 1.49. The third kappa shape index (κ3) is 6.57. The van der Waals surface area contributed by atoms with Gasteiger partial charge in [-0.1, -0.05) is 78.9 Å². The minimum absolute atomic E-state index is 0.221. The molecule has 0 radical (unpaired) electrons. The van der Waals surface area contributed by atoms with Gasteiger partial charge in [0.05, 0.1) is 7.11 Å². The van der Waals surface area contributed by atoms with Gasteiger partial charge in [-0.25, -0.2) is 0 Å². The lowest BCUT2D eigenvalue weighted by Gasteiger charge is -2.36. The van der Waals surface area contributed by atoms with Gasteiger partial charge in [0.1, 0.15) is 23.1 Å². The molecule has 190 valence electrons. The fraction of sp³-hybridized carbons (Fsp3) is 0.219. The average molecular weight is 496 g/mol. The number of carboxylic acid groups (broad SMARTS) is 1. The zero-order valence-corrected chi connectivity index (χ0v) is 21.3. The Kier molecular flexibility index (Phi) is 8.26. The van der Waals surface area contributed by atoms with Crippen molar-refractivity contribution in [3.8, 4) is 11.5 Å². The van der Waals surface area contributed by atoms with Gasteiger partial charge in [0.15, 0.2) is 0 Å². The average Bonchev–Trinajstić information content (AvgIpc) is 2.90. The van der Waals surface area contributed by atoms with Crippen LogP contribution in [0.5, 0.6) is 11.5 Å². The number of carbonyl (C=O) groups is 1. The quantitative estimate of drug-likeness (QED) is 0.278. The Labute approximate surface area is 218 Å². The summed E-state index contributed by atoms with van der Waals surface area (Å²) in [5, 5.41) is 9.28. The van der Waals surface area contributed by atoms with Crippen LogP contribution in [0.15, 0.2) is 103 Å². The van der Waals surface area contributed by atoms with Gasteiger partial charge in [-0.05, 0) is 65.4 Å². The molecular formula is C32H33NO4. The molecule has 3 N–H and O–H groups in total. The van der Waals surface area contributed by atoms with Gasteiger partial charge in [0.25, 0.3) is 0 Å². The van der Waals surface area contributed by atoms with E-state index < -0.39 is 17.6 Å². The second-order valence-electron chi connectivity index (χ2n) is 9.40. The summed E-state index contributed by atoms with van der Waals surface area (Å²) in [6, 6.07) is 33.4. The van der Waals surface area contributed by atoms with Crippen molar-refractivity contribution in [3.05, 3.63) is 131 Å². The number of methoxy groups -OCH3 is 1. The molecule has 5 nitrogen and oxygen atoms in total. The third-order valence-corrected chi connectivity index (χ3v) is 6.57. The molecule has 0 aliphatic rings. The number of carboxylic acids is 1. The second kappa shape index (κ2) is 11.8. The lowest BCUT2D eigenvalue weighted by atomic mass is 9.81. The van der Waals surface area contributed by atoms with Crippen LogP contribution in [0, 0.1) is 6.92 Å². The van der Waals surface area contributed by atoms with E-state index in [1.165, 1.54) is 0 Å². The normalized spacial score (nSPS) is 12.1. The molecule has 0 heterocycles. The summed E-state index contributed by atoms with van der Waals surface area (Å²) in [7, 11) is 1.67. The number of rotatable bonds is 11. The molecule has 1 unspecified atom stereocenters. The van der Waals surface area contributed by atoms with Crippen molar-refractivity contribution in [2.45, 2.75) is 37.8 Å². The minimum atomic E-state index is -1.03. The zero-order valence-electron chi connectivity index (χ0n) is 21.3. The Balaban J connectivity index is 1.83. The maximum atomic E-state index is 11.3. The highest BCUT2D eigenvalue weighted by Crippen LogP contribution is 2.37. The van der Waals surface area contributed by atoms with Crippen LogP contribution in [0.4, 0.5) is 0 Å². The molecule has 4 aromatic carbocycles. The lowest BCUT2D eigenvalue weighted by molar-refractivity contribution is -0.138. The van der Waals surface area contributed by atoms with E-state index in [1.807, 2.05) is 73.7 Å². The molecule has 0 amide bonds. The monoisotopic (exact) mass is 495 g/mol. The lowest BCUT2D eigenvalue weighted by Crippen LogP contribution is -2.38. The molecule has 0 aliphatic carbocycles. The molecule has 0 saturated heterocycles. The van der Waals surface area contributed by atoms with Crippen molar-refractivity contribution < 1.29 is 19.4 Å². The summed E-state index contributed by atoms with van der Waals surface area (Å²) in [4.78, 5) is 11.3. The first kappa shape index (κ1) is 26.0. The van der Waals surface area contributed by atoms with Gasteiger partial charge in [-0.3, -0.25) is 4.79 Å². The highest BCUT2D eigenvalue weighted by molar-refractivity contribution is 5.73. The molecule has 37 heavy (non-hydrogen) atoms. The predicted molar refractivity (Wildman–Crippen MR) is 146 cm³/mol. The van der Waals surface area contributed by atoms with E-state index in [-0.39, 0.29) is 6.42 Å². The maximum Gasteiger partial charge on any atom is 0.320 e. The number of hydrogen-bond donors (Lipinski definition) is 2. The van der Waals surface area contributed by atoms with Crippen molar-refractivity contribution in [2.75, 3.05) is 7.11 Å². The first-order valence-electron chi connectivity index (χ1n) is 12.4. The molecule has 0 fully saturated rings. The van der Waals surface area contributed by atoms with E-state index in [1.54, 1.807) is 7.11 Å². The maximum absolute atomic E-state index is 11.3. The number of aliphatic carboxylic acids is 1. The van der Waals surface area contributed by atoms with Gasteiger partial charge in [0, 0.05) is 12.8 Å². The van der Waals surface area contributed by atoms with E-state index in [0.29, 0.717) is 18.6 Å². The summed E-state index contributed by atoms with van der Waals surface area (Å²) >= 11 is 0. The summed E-state index contributed by atoms with van der Waals surface area (Å²) in [5.74, 6) is 0.458. The van der Waals surface area contributed by atoms with Crippen LogP contribution in [0.3, 0.4) is 0 Å². The molecular weight excluding hydrogens is 462 g/mol. The van der Waals surface area contributed by atoms with E-state index in [0.717, 1.165) is 33.6 Å².